The van der Waals surface area contributed by atoms with Crippen molar-refractivity contribution < 1.29 is 0 Å². The molecule has 0 amide bonds. The Morgan fingerprint density at radius 1 is 1.20 bits per heavy atom. The van der Waals surface area contributed by atoms with Crippen LogP contribution >= 0.6 is 0 Å². The van der Waals surface area contributed by atoms with Crippen LogP contribution in [0.3, 0.4) is 0 Å². The van der Waals surface area contributed by atoms with E-state index < -0.39 is 0 Å². The van der Waals surface area contributed by atoms with Crippen molar-refractivity contribution >= 4 is 0 Å². The molecule has 1 unspecified atom stereocenters. The Labute approximate surface area is 121 Å². The van der Waals surface area contributed by atoms with Gasteiger partial charge in [-0.1, -0.05) is 51.1 Å². The monoisotopic (exact) mass is 272 g/mol. The van der Waals surface area contributed by atoms with Crippen molar-refractivity contribution in [3.05, 3.63) is 47.5 Å². The molecular formula is C16H24N4. The van der Waals surface area contributed by atoms with E-state index in [9.17, 15) is 0 Å². The minimum absolute atomic E-state index is 0.0163. The van der Waals surface area contributed by atoms with Crippen LogP contribution in [0.2, 0.25) is 0 Å². The average Bonchev–Trinajstić information content (AvgIpc) is 2.78. The lowest BCUT2D eigenvalue weighted by Crippen LogP contribution is -2.14. The van der Waals surface area contributed by atoms with E-state index in [1.165, 1.54) is 5.56 Å². The predicted molar refractivity (Wildman–Crippen MR) is 81.4 cm³/mol. The van der Waals surface area contributed by atoms with E-state index >= 15 is 0 Å². The Hall–Kier alpha value is -1.68. The summed E-state index contributed by atoms with van der Waals surface area (Å²) in [6, 6.07) is 10.2. The lowest BCUT2D eigenvalue weighted by Gasteiger charge is -2.12. The van der Waals surface area contributed by atoms with Crippen LogP contribution in [0.1, 0.15) is 50.4 Å². The normalized spacial score (nSPS) is 13.4. The molecule has 0 aliphatic heterocycles. The molecule has 0 bridgehead atoms. The van der Waals surface area contributed by atoms with Crippen LogP contribution in [-0.2, 0) is 18.9 Å². The molecule has 0 spiro atoms. The Bertz CT molecular complexity index is 552. The van der Waals surface area contributed by atoms with Crippen molar-refractivity contribution in [2.45, 2.75) is 45.1 Å². The van der Waals surface area contributed by atoms with E-state index in [4.69, 9.17) is 5.73 Å². The first-order valence-corrected chi connectivity index (χ1v) is 7.09. The molecule has 1 atom stereocenters. The second kappa shape index (κ2) is 5.75. The molecule has 0 fully saturated rings. The van der Waals surface area contributed by atoms with Gasteiger partial charge in [-0.25, -0.2) is 4.98 Å². The Balaban J connectivity index is 2.03. The van der Waals surface area contributed by atoms with E-state index in [1.807, 2.05) is 29.9 Å². The van der Waals surface area contributed by atoms with Gasteiger partial charge in [-0.05, 0) is 12.0 Å². The second-order valence-corrected chi connectivity index (χ2v) is 6.28. The highest BCUT2D eigenvalue weighted by Gasteiger charge is 2.21. The highest BCUT2D eigenvalue weighted by atomic mass is 15.3. The number of rotatable bonds is 4. The molecule has 2 N–H and O–H groups in total. The van der Waals surface area contributed by atoms with Gasteiger partial charge in [0.1, 0.15) is 5.82 Å². The Morgan fingerprint density at radius 3 is 2.40 bits per heavy atom. The van der Waals surface area contributed by atoms with Gasteiger partial charge in [-0.3, -0.25) is 4.68 Å². The van der Waals surface area contributed by atoms with E-state index in [1.54, 1.807) is 0 Å². The van der Waals surface area contributed by atoms with Crippen LogP contribution < -0.4 is 5.73 Å². The molecule has 4 nitrogen and oxygen atoms in total. The van der Waals surface area contributed by atoms with Crippen molar-refractivity contribution in [1.29, 1.82) is 0 Å². The summed E-state index contributed by atoms with van der Waals surface area (Å²) in [5, 5.41) is 4.50. The van der Waals surface area contributed by atoms with Gasteiger partial charge < -0.3 is 5.73 Å². The SMILES string of the molecule is Cn1nc(C(C)(C)C)nc1CCC(N)c1ccccc1. The summed E-state index contributed by atoms with van der Waals surface area (Å²) < 4.78 is 1.87. The summed E-state index contributed by atoms with van der Waals surface area (Å²) in [5.74, 6) is 1.89. The molecule has 0 saturated heterocycles. The Kier molecular flexibility index (Phi) is 4.23. The number of aryl methyl sites for hydroxylation is 2. The van der Waals surface area contributed by atoms with E-state index in [0.717, 1.165) is 24.5 Å². The predicted octanol–water partition coefficient (Wildman–Crippen LogP) is 2.75. The lowest BCUT2D eigenvalue weighted by molar-refractivity contribution is 0.538. The van der Waals surface area contributed by atoms with Gasteiger partial charge in [0.15, 0.2) is 5.82 Å². The van der Waals surface area contributed by atoms with Crippen molar-refractivity contribution in [3.8, 4) is 0 Å². The molecule has 1 aromatic heterocycles. The number of nitrogens with two attached hydrogens (primary N) is 1. The molecule has 1 aromatic carbocycles. The van der Waals surface area contributed by atoms with Crippen molar-refractivity contribution in [3.63, 3.8) is 0 Å². The first kappa shape index (κ1) is 14.7. The van der Waals surface area contributed by atoms with Crippen LogP contribution in [-0.4, -0.2) is 14.8 Å². The zero-order valence-electron chi connectivity index (χ0n) is 12.8. The summed E-state index contributed by atoms with van der Waals surface area (Å²) >= 11 is 0. The summed E-state index contributed by atoms with van der Waals surface area (Å²) in [6.07, 6.45) is 1.72. The third-order valence-electron chi connectivity index (χ3n) is 3.43. The number of nitrogens with zero attached hydrogens (tertiary/aromatic N) is 3. The minimum atomic E-state index is -0.0163. The lowest BCUT2D eigenvalue weighted by atomic mass is 9.96. The molecule has 2 rings (SSSR count). The summed E-state index contributed by atoms with van der Waals surface area (Å²) in [6.45, 7) is 6.38. The molecule has 2 aromatic rings. The highest BCUT2D eigenvalue weighted by Crippen LogP contribution is 2.20. The molecule has 1 heterocycles. The maximum atomic E-state index is 6.23. The minimum Gasteiger partial charge on any atom is -0.324 e. The van der Waals surface area contributed by atoms with Crippen molar-refractivity contribution in [1.82, 2.24) is 14.8 Å². The molecule has 0 radical (unpaired) electrons. The van der Waals surface area contributed by atoms with E-state index in [2.05, 4.69) is 43.0 Å². The van der Waals surface area contributed by atoms with Crippen LogP contribution in [0.15, 0.2) is 30.3 Å². The zero-order chi connectivity index (χ0) is 14.8. The number of aromatic nitrogens is 3. The van der Waals surface area contributed by atoms with Crippen molar-refractivity contribution in [2.75, 3.05) is 0 Å². The molecule has 108 valence electrons. The Morgan fingerprint density at radius 2 is 1.85 bits per heavy atom. The van der Waals surface area contributed by atoms with Gasteiger partial charge in [-0.15, -0.1) is 0 Å². The standard InChI is InChI=1S/C16H24N4/c1-16(2,3)15-18-14(20(4)19-15)11-10-13(17)12-8-6-5-7-9-12/h5-9,13H,10-11,17H2,1-4H3. The summed E-state index contributed by atoms with van der Waals surface area (Å²) in [7, 11) is 1.95. The number of hydrogen-bond acceptors (Lipinski definition) is 3. The quantitative estimate of drug-likeness (QED) is 0.931. The van der Waals surface area contributed by atoms with E-state index in [0.29, 0.717) is 0 Å². The first-order chi connectivity index (χ1) is 9.38. The summed E-state index contributed by atoms with van der Waals surface area (Å²) in [5.41, 5.74) is 7.38. The second-order valence-electron chi connectivity index (χ2n) is 6.28. The number of benzene rings is 1. The molecule has 4 heteroatoms. The fourth-order valence-corrected chi connectivity index (χ4v) is 2.10. The molecular weight excluding hydrogens is 248 g/mol. The van der Waals surface area contributed by atoms with Gasteiger partial charge in [0.05, 0.1) is 0 Å². The van der Waals surface area contributed by atoms with Crippen LogP contribution in [0.4, 0.5) is 0 Å². The zero-order valence-corrected chi connectivity index (χ0v) is 12.8. The van der Waals surface area contributed by atoms with E-state index in [-0.39, 0.29) is 11.5 Å². The first-order valence-electron chi connectivity index (χ1n) is 7.09. The fourth-order valence-electron chi connectivity index (χ4n) is 2.10. The molecule has 20 heavy (non-hydrogen) atoms. The van der Waals surface area contributed by atoms with Gasteiger partial charge in [0.25, 0.3) is 0 Å². The third kappa shape index (κ3) is 3.45. The van der Waals surface area contributed by atoms with Crippen molar-refractivity contribution in [2.24, 2.45) is 12.8 Å². The average molecular weight is 272 g/mol. The molecule has 0 aliphatic rings. The maximum absolute atomic E-state index is 6.23. The van der Waals surface area contributed by atoms with Crippen LogP contribution in [0.25, 0.3) is 0 Å². The van der Waals surface area contributed by atoms with Gasteiger partial charge in [0.2, 0.25) is 0 Å². The third-order valence-corrected chi connectivity index (χ3v) is 3.43. The largest absolute Gasteiger partial charge is 0.324 e. The van der Waals surface area contributed by atoms with Crippen LogP contribution in [0, 0.1) is 0 Å². The number of hydrogen-bond donors (Lipinski definition) is 1. The molecule has 0 saturated carbocycles. The fraction of sp³-hybridized carbons (Fsp3) is 0.500. The topological polar surface area (TPSA) is 56.7 Å². The maximum Gasteiger partial charge on any atom is 0.156 e. The smallest absolute Gasteiger partial charge is 0.156 e. The van der Waals surface area contributed by atoms with Gasteiger partial charge >= 0.3 is 0 Å². The molecule has 0 aliphatic carbocycles. The summed E-state index contributed by atoms with van der Waals surface area (Å²) in [4.78, 5) is 4.64. The van der Waals surface area contributed by atoms with Gasteiger partial charge in [0, 0.05) is 24.9 Å². The highest BCUT2D eigenvalue weighted by molar-refractivity contribution is 5.18. The van der Waals surface area contributed by atoms with Gasteiger partial charge in [-0.2, -0.15) is 5.10 Å². The van der Waals surface area contributed by atoms with Crippen LogP contribution in [0.5, 0.6) is 0 Å².